The highest BCUT2D eigenvalue weighted by Crippen LogP contribution is 2.40. The van der Waals surface area contributed by atoms with E-state index in [2.05, 4.69) is 26.8 Å². The van der Waals surface area contributed by atoms with Crippen molar-refractivity contribution >= 4 is 5.97 Å². The van der Waals surface area contributed by atoms with Crippen LogP contribution in [0.4, 0.5) is 0 Å². The number of carbonyl (C=O) groups excluding carboxylic acids is 1. The summed E-state index contributed by atoms with van der Waals surface area (Å²) in [5.74, 6) is 1.60. The van der Waals surface area contributed by atoms with Gasteiger partial charge in [0, 0.05) is 0 Å². The molecule has 3 nitrogen and oxygen atoms in total. The van der Waals surface area contributed by atoms with E-state index in [-0.39, 0.29) is 5.97 Å². The molecule has 4 unspecified atom stereocenters. The number of nitrogens with zero attached hydrogens (tertiary/aromatic N) is 1. The topological polar surface area (TPSA) is 50.1 Å². The molecule has 0 aromatic rings. The zero-order valence-electron chi connectivity index (χ0n) is 12.7. The van der Waals surface area contributed by atoms with E-state index in [1.54, 1.807) is 6.92 Å². The van der Waals surface area contributed by atoms with Gasteiger partial charge in [0.2, 0.25) is 0 Å². The van der Waals surface area contributed by atoms with Crippen LogP contribution in [0, 0.1) is 40.9 Å². The van der Waals surface area contributed by atoms with Gasteiger partial charge in [0.15, 0.2) is 0 Å². The Bertz CT molecular complexity index is 332. The highest BCUT2D eigenvalue weighted by atomic mass is 16.5. The molecule has 1 aliphatic rings. The van der Waals surface area contributed by atoms with Gasteiger partial charge in [-0.3, -0.25) is 4.79 Å². The van der Waals surface area contributed by atoms with Gasteiger partial charge in [-0.15, -0.1) is 0 Å². The van der Waals surface area contributed by atoms with Gasteiger partial charge in [-0.25, -0.2) is 0 Å². The zero-order valence-corrected chi connectivity index (χ0v) is 12.7. The molecule has 4 atom stereocenters. The normalized spacial score (nSPS) is 28.7. The summed E-state index contributed by atoms with van der Waals surface area (Å²) in [7, 11) is 0. The molecule has 3 heteroatoms. The average Bonchev–Trinajstić information content (AvgIpc) is 2.37. The second kappa shape index (κ2) is 7.53. The Kier molecular flexibility index (Phi) is 6.34. The first-order chi connectivity index (χ1) is 8.99. The number of hydrogen-bond donors (Lipinski definition) is 0. The van der Waals surface area contributed by atoms with E-state index in [0.29, 0.717) is 30.8 Å². The Morgan fingerprint density at radius 3 is 2.63 bits per heavy atom. The minimum absolute atomic E-state index is 0.344. The molecule has 0 aromatic carbocycles. The first-order valence-corrected chi connectivity index (χ1v) is 7.55. The molecule has 0 radical (unpaired) electrons. The molecular weight excluding hydrogens is 238 g/mol. The van der Waals surface area contributed by atoms with Crippen molar-refractivity contribution in [2.24, 2.45) is 29.6 Å². The van der Waals surface area contributed by atoms with Crippen LogP contribution < -0.4 is 0 Å². The number of carbonyl (C=O) groups is 1. The SMILES string of the molecule is CCOC(=O)C(C#N)CC1CC(C(C)C)CCC1C. The van der Waals surface area contributed by atoms with Crippen molar-refractivity contribution in [3.63, 3.8) is 0 Å². The molecule has 1 aliphatic carbocycles. The molecule has 0 N–H and O–H groups in total. The van der Waals surface area contributed by atoms with E-state index in [9.17, 15) is 4.79 Å². The third kappa shape index (κ3) is 4.53. The summed E-state index contributed by atoms with van der Waals surface area (Å²) in [4.78, 5) is 11.7. The third-order valence-electron chi connectivity index (χ3n) is 4.61. The van der Waals surface area contributed by atoms with E-state index >= 15 is 0 Å². The molecule has 0 amide bonds. The first-order valence-electron chi connectivity index (χ1n) is 7.55. The number of hydrogen-bond acceptors (Lipinski definition) is 3. The second-order valence-corrected chi connectivity index (χ2v) is 6.22. The van der Waals surface area contributed by atoms with Gasteiger partial charge in [-0.2, -0.15) is 5.26 Å². The smallest absolute Gasteiger partial charge is 0.323 e. The van der Waals surface area contributed by atoms with Crippen LogP contribution in [-0.4, -0.2) is 12.6 Å². The number of rotatable bonds is 5. The highest BCUT2D eigenvalue weighted by Gasteiger charge is 2.33. The van der Waals surface area contributed by atoms with Gasteiger partial charge in [0.25, 0.3) is 0 Å². The summed E-state index contributed by atoms with van der Waals surface area (Å²) in [6, 6.07) is 2.12. The Balaban J connectivity index is 2.61. The lowest BCUT2D eigenvalue weighted by Crippen LogP contribution is -2.29. The molecule has 108 valence electrons. The fourth-order valence-corrected chi connectivity index (χ4v) is 3.13. The molecule has 1 saturated carbocycles. The van der Waals surface area contributed by atoms with Crippen molar-refractivity contribution in [2.75, 3.05) is 6.61 Å². The van der Waals surface area contributed by atoms with Crippen LogP contribution in [0.25, 0.3) is 0 Å². The highest BCUT2D eigenvalue weighted by molar-refractivity contribution is 5.75. The lowest BCUT2D eigenvalue weighted by molar-refractivity contribution is -0.146. The Labute approximate surface area is 117 Å². The first kappa shape index (κ1) is 16.0. The maximum Gasteiger partial charge on any atom is 0.323 e. The van der Waals surface area contributed by atoms with Crippen LogP contribution in [0.15, 0.2) is 0 Å². The maximum absolute atomic E-state index is 11.7. The summed E-state index contributed by atoms with van der Waals surface area (Å²) < 4.78 is 4.98. The van der Waals surface area contributed by atoms with Crippen LogP contribution in [-0.2, 0) is 9.53 Å². The Morgan fingerprint density at radius 1 is 1.42 bits per heavy atom. The van der Waals surface area contributed by atoms with E-state index in [1.807, 2.05) is 0 Å². The zero-order chi connectivity index (χ0) is 14.4. The predicted octanol–water partition coefficient (Wildman–Crippen LogP) is 3.79. The molecule has 0 heterocycles. The largest absolute Gasteiger partial charge is 0.465 e. The molecule has 0 spiro atoms. The Morgan fingerprint density at radius 2 is 2.11 bits per heavy atom. The minimum Gasteiger partial charge on any atom is -0.465 e. The van der Waals surface area contributed by atoms with Gasteiger partial charge in [0.1, 0.15) is 5.92 Å². The second-order valence-electron chi connectivity index (χ2n) is 6.22. The molecule has 0 saturated heterocycles. The molecule has 0 bridgehead atoms. The maximum atomic E-state index is 11.7. The lowest BCUT2D eigenvalue weighted by Gasteiger charge is -2.36. The fraction of sp³-hybridized carbons (Fsp3) is 0.875. The number of nitriles is 1. The van der Waals surface area contributed by atoms with Crippen molar-refractivity contribution in [2.45, 2.75) is 53.4 Å². The van der Waals surface area contributed by atoms with E-state index < -0.39 is 5.92 Å². The quantitative estimate of drug-likeness (QED) is 0.711. The van der Waals surface area contributed by atoms with Crippen LogP contribution in [0.5, 0.6) is 0 Å². The molecular formula is C16H27NO2. The summed E-state index contributed by atoms with van der Waals surface area (Å²) in [6.45, 7) is 8.92. The fourth-order valence-electron chi connectivity index (χ4n) is 3.13. The number of ether oxygens (including phenoxy) is 1. The van der Waals surface area contributed by atoms with E-state index in [4.69, 9.17) is 10.00 Å². The van der Waals surface area contributed by atoms with Crippen molar-refractivity contribution in [3.05, 3.63) is 0 Å². The molecule has 1 rings (SSSR count). The Hall–Kier alpha value is -1.04. The molecule has 0 aromatic heterocycles. The standard InChI is InChI=1S/C16H27NO2/c1-5-19-16(18)15(10-17)9-14-8-13(11(2)3)7-6-12(14)4/h11-15H,5-9H2,1-4H3. The third-order valence-corrected chi connectivity index (χ3v) is 4.61. The molecule has 1 fully saturated rings. The predicted molar refractivity (Wildman–Crippen MR) is 75.2 cm³/mol. The lowest BCUT2D eigenvalue weighted by atomic mass is 9.69. The van der Waals surface area contributed by atoms with Crippen LogP contribution in [0.2, 0.25) is 0 Å². The van der Waals surface area contributed by atoms with Crippen LogP contribution >= 0.6 is 0 Å². The van der Waals surface area contributed by atoms with Gasteiger partial charge < -0.3 is 4.74 Å². The van der Waals surface area contributed by atoms with Gasteiger partial charge >= 0.3 is 5.97 Å². The van der Waals surface area contributed by atoms with Gasteiger partial charge in [-0.05, 0) is 49.9 Å². The minimum atomic E-state index is -0.585. The monoisotopic (exact) mass is 265 g/mol. The number of esters is 1. The summed E-state index contributed by atoms with van der Waals surface area (Å²) >= 11 is 0. The van der Waals surface area contributed by atoms with Gasteiger partial charge in [-0.1, -0.05) is 27.2 Å². The van der Waals surface area contributed by atoms with Crippen molar-refractivity contribution in [1.82, 2.24) is 0 Å². The van der Waals surface area contributed by atoms with E-state index in [0.717, 1.165) is 12.3 Å². The summed E-state index contributed by atoms with van der Waals surface area (Å²) in [5.41, 5.74) is 0. The van der Waals surface area contributed by atoms with Crippen LogP contribution in [0.3, 0.4) is 0 Å². The van der Waals surface area contributed by atoms with Crippen molar-refractivity contribution in [3.8, 4) is 6.07 Å². The average molecular weight is 265 g/mol. The van der Waals surface area contributed by atoms with Crippen molar-refractivity contribution < 1.29 is 9.53 Å². The van der Waals surface area contributed by atoms with Crippen molar-refractivity contribution in [1.29, 1.82) is 5.26 Å². The summed E-state index contributed by atoms with van der Waals surface area (Å²) in [5, 5.41) is 9.16. The van der Waals surface area contributed by atoms with E-state index in [1.165, 1.54) is 12.8 Å². The molecule has 19 heavy (non-hydrogen) atoms. The molecule has 0 aliphatic heterocycles. The van der Waals surface area contributed by atoms with Crippen LogP contribution in [0.1, 0.15) is 53.4 Å². The summed E-state index contributed by atoms with van der Waals surface area (Å²) in [6.07, 6.45) is 4.32. The van der Waals surface area contributed by atoms with Gasteiger partial charge in [0.05, 0.1) is 12.7 Å².